The fraction of sp³-hybridized carbons (Fsp3) is 0.190. The molecule has 1 aliphatic heterocycles. The first kappa shape index (κ1) is 17.0. The molecule has 2 N–H and O–H groups in total. The van der Waals surface area contributed by atoms with Crippen molar-refractivity contribution in [2.24, 2.45) is 0 Å². The van der Waals surface area contributed by atoms with Gasteiger partial charge in [0.2, 0.25) is 0 Å². The van der Waals surface area contributed by atoms with Crippen LogP contribution in [0.4, 0.5) is 5.69 Å². The van der Waals surface area contributed by atoms with E-state index in [0.717, 1.165) is 22.4 Å². The quantitative estimate of drug-likeness (QED) is 0.562. The van der Waals surface area contributed by atoms with E-state index in [-0.39, 0.29) is 12.4 Å². The van der Waals surface area contributed by atoms with Crippen molar-refractivity contribution in [3.63, 3.8) is 0 Å². The molecular weight excluding hydrogens is 342 g/mol. The average molecular weight is 361 g/mol. The molecule has 136 valence electrons. The van der Waals surface area contributed by atoms with Crippen molar-refractivity contribution in [1.29, 1.82) is 0 Å². The summed E-state index contributed by atoms with van der Waals surface area (Å²) in [7, 11) is 0. The van der Waals surface area contributed by atoms with Crippen molar-refractivity contribution in [3.8, 4) is 28.4 Å². The molecule has 0 amide bonds. The Hall–Kier alpha value is -3.41. The van der Waals surface area contributed by atoms with E-state index in [1.54, 1.807) is 25.3 Å². The van der Waals surface area contributed by atoms with Crippen molar-refractivity contribution in [2.45, 2.75) is 19.4 Å². The number of esters is 1. The summed E-state index contributed by atoms with van der Waals surface area (Å²) in [4.78, 5) is 21.3. The molecule has 0 saturated heterocycles. The zero-order chi connectivity index (χ0) is 18.8. The number of ether oxygens (including phenoxy) is 2. The molecule has 27 heavy (non-hydrogen) atoms. The van der Waals surface area contributed by atoms with Crippen LogP contribution in [0.5, 0.6) is 5.75 Å². The minimum atomic E-state index is -0.500. The maximum Gasteiger partial charge on any atom is 0.309 e. The van der Waals surface area contributed by atoms with Gasteiger partial charge in [0.15, 0.2) is 5.82 Å². The Morgan fingerprint density at radius 3 is 2.81 bits per heavy atom. The van der Waals surface area contributed by atoms with Crippen molar-refractivity contribution >= 4 is 11.7 Å². The van der Waals surface area contributed by atoms with Gasteiger partial charge in [0.05, 0.1) is 18.7 Å². The van der Waals surface area contributed by atoms with Crippen LogP contribution in [-0.2, 0) is 9.53 Å². The molecular formula is C21H19N3O3. The molecule has 4 rings (SSSR count). The summed E-state index contributed by atoms with van der Waals surface area (Å²) >= 11 is 0. The van der Waals surface area contributed by atoms with Crippen molar-refractivity contribution in [3.05, 3.63) is 60.3 Å². The molecule has 1 aliphatic rings. The van der Waals surface area contributed by atoms with Gasteiger partial charge in [-0.1, -0.05) is 30.3 Å². The van der Waals surface area contributed by atoms with E-state index in [1.165, 1.54) is 0 Å². The maximum absolute atomic E-state index is 12.0. The van der Waals surface area contributed by atoms with Gasteiger partial charge in [-0.05, 0) is 25.1 Å². The number of carbonyl (C=O) groups excluding carboxylic acids is 1. The molecule has 0 aliphatic carbocycles. The van der Waals surface area contributed by atoms with Gasteiger partial charge in [0.25, 0.3) is 0 Å². The summed E-state index contributed by atoms with van der Waals surface area (Å²) < 4.78 is 11.1. The van der Waals surface area contributed by atoms with E-state index >= 15 is 0 Å². The zero-order valence-electron chi connectivity index (χ0n) is 14.9. The highest BCUT2D eigenvalue weighted by Crippen LogP contribution is 2.43. The summed E-state index contributed by atoms with van der Waals surface area (Å²) in [6.07, 6.45) is 1.32. The fourth-order valence-electron chi connectivity index (χ4n) is 3.14. The Morgan fingerprint density at radius 2 is 2.04 bits per heavy atom. The maximum atomic E-state index is 12.0. The molecule has 2 heterocycles. The second kappa shape index (κ2) is 7.07. The smallest absolute Gasteiger partial charge is 0.309 e. The van der Waals surface area contributed by atoms with Crippen LogP contribution in [0.15, 0.2) is 54.7 Å². The van der Waals surface area contributed by atoms with Gasteiger partial charge < -0.3 is 15.2 Å². The van der Waals surface area contributed by atoms with E-state index in [9.17, 15) is 4.79 Å². The van der Waals surface area contributed by atoms with E-state index in [0.29, 0.717) is 23.9 Å². The first-order valence-corrected chi connectivity index (χ1v) is 8.80. The minimum absolute atomic E-state index is 0.0959. The third-order valence-corrected chi connectivity index (χ3v) is 4.38. The van der Waals surface area contributed by atoms with Gasteiger partial charge in [0.1, 0.15) is 11.9 Å². The van der Waals surface area contributed by atoms with E-state index in [2.05, 4.69) is 4.98 Å². The van der Waals surface area contributed by atoms with Gasteiger partial charge in [-0.2, -0.15) is 0 Å². The van der Waals surface area contributed by atoms with Gasteiger partial charge in [0, 0.05) is 28.6 Å². The number of nitrogens with two attached hydrogens (primary N) is 1. The normalized spacial score (nSPS) is 14.6. The molecule has 1 aromatic heterocycles. The predicted octanol–water partition coefficient (Wildman–Crippen LogP) is 3.78. The van der Waals surface area contributed by atoms with Crippen molar-refractivity contribution in [2.75, 3.05) is 12.3 Å². The second-order valence-corrected chi connectivity index (χ2v) is 6.23. The summed E-state index contributed by atoms with van der Waals surface area (Å²) in [6.45, 7) is 2.11. The summed E-state index contributed by atoms with van der Waals surface area (Å²) in [5.41, 5.74) is 9.78. The molecule has 3 aromatic rings. The monoisotopic (exact) mass is 361 g/mol. The van der Waals surface area contributed by atoms with Crippen LogP contribution in [0.25, 0.3) is 22.6 Å². The first-order valence-electron chi connectivity index (χ1n) is 8.80. The SMILES string of the molecule is CCOC(=O)CC1Oc2ccc(N)cc2-c2nc(-c3ccccc3)ncc21. The first-order chi connectivity index (χ1) is 13.2. The number of nitrogens with zero attached hydrogens (tertiary/aromatic N) is 2. The molecule has 0 bridgehead atoms. The van der Waals surface area contributed by atoms with E-state index < -0.39 is 6.10 Å². The molecule has 6 heteroatoms. The molecule has 0 saturated carbocycles. The lowest BCUT2D eigenvalue weighted by Gasteiger charge is -2.27. The molecule has 0 radical (unpaired) electrons. The summed E-state index contributed by atoms with van der Waals surface area (Å²) in [5.74, 6) is 0.933. The van der Waals surface area contributed by atoms with Crippen molar-refractivity contribution in [1.82, 2.24) is 9.97 Å². The number of aromatic nitrogens is 2. The number of benzene rings is 2. The second-order valence-electron chi connectivity index (χ2n) is 6.23. The number of carbonyl (C=O) groups is 1. The number of fused-ring (bicyclic) bond motifs is 3. The van der Waals surface area contributed by atoms with E-state index in [4.69, 9.17) is 20.2 Å². The summed E-state index contributed by atoms with van der Waals surface area (Å²) in [5, 5.41) is 0. The Labute approximate surface area is 157 Å². The standard InChI is InChI=1S/C21H19N3O3/c1-2-26-19(25)11-18-16-12-23-21(13-6-4-3-5-7-13)24-20(16)15-10-14(22)8-9-17(15)27-18/h3-10,12,18H,2,11,22H2,1H3. The number of nitrogen functional groups attached to an aromatic ring is 1. The lowest BCUT2D eigenvalue weighted by atomic mass is 9.96. The van der Waals surface area contributed by atoms with E-state index in [1.807, 2.05) is 36.4 Å². The molecule has 2 aromatic carbocycles. The Balaban J connectivity index is 1.81. The van der Waals surface area contributed by atoms with Crippen LogP contribution in [0, 0.1) is 0 Å². The molecule has 1 unspecified atom stereocenters. The number of hydrogen-bond donors (Lipinski definition) is 1. The average Bonchev–Trinajstić information content (AvgIpc) is 2.69. The Kier molecular flexibility index (Phi) is 4.46. The minimum Gasteiger partial charge on any atom is -0.484 e. The predicted molar refractivity (Wildman–Crippen MR) is 102 cm³/mol. The number of rotatable bonds is 4. The van der Waals surface area contributed by atoms with Gasteiger partial charge in [-0.25, -0.2) is 9.97 Å². The highest BCUT2D eigenvalue weighted by atomic mass is 16.5. The highest BCUT2D eigenvalue weighted by molar-refractivity contribution is 5.78. The highest BCUT2D eigenvalue weighted by Gasteiger charge is 2.30. The van der Waals surface area contributed by atoms with Gasteiger partial charge >= 0.3 is 5.97 Å². The van der Waals surface area contributed by atoms with Gasteiger partial charge in [-0.3, -0.25) is 4.79 Å². The number of hydrogen-bond acceptors (Lipinski definition) is 6. The number of anilines is 1. The Bertz CT molecular complexity index is 989. The van der Waals surface area contributed by atoms with Crippen LogP contribution in [0.3, 0.4) is 0 Å². The third-order valence-electron chi connectivity index (χ3n) is 4.38. The fourth-order valence-corrected chi connectivity index (χ4v) is 3.14. The van der Waals surface area contributed by atoms with Crippen molar-refractivity contribution < 1.29 is 14.3 Å². The van der Waals surface area contributed by atoms with Crippen LogP contribution in [-0.4, -0.2) is 22.5 Å². The van der Waals surface area contributed by atoms with Crippen LogP contribution >= 0.6 is 0 Å². The molecule has 0 fully saturated rings. The molecule has 6 nitrogen and oxygen atoms in total. The van der Waals surface area contributed by atoms with Crippen LogP contribution in [0.2, 0.25) is 0 Å². The van der Waals surface area contributed by atoms with Crippen LogP contribution in [0.1, 0.15) is 25.0 Å². The largest absolute Gasteiger partial charge is 0.484 e. The van der Waals surface area contributed by atoms with Gasteiger partial charge in [-0.15, -0.1) is 0 Å². The lowest BCUT2D eigenvalue weighted by Crippen LogP contribution is -2.20. The topological polar surface area (TPSA) is 87.3 Å². The Morgan fingerprint density at radius 1 is 1.22 bits per heavy atom. The molecule has 0 spiro atoms. The zero-order valence-corrected chi connectivity index (χ0v) is 14.9. The summed E-state index contributed by atoms with van der Waals surface area (Å²) in [6, 6.07) is 15.1. The molecule has 1 atom stereocenters. The third kappa shape index (κ3) is 3.33. The van der Waals surface area contributed by atoms with Crippen LogP contribution < -0.4 is 10.5 Å². The lowest BCUT2D eigenvalue weighted by molar-refractivity contribution is -0.145.